The third-order valence-electron chi connectivity index (χ3n) is 5.04. The van der Waals surface area contributed by atoms with Crippen molar-refractivity contribution >= 4 is 0 Å². The molecule has 0 heterocycles. The van der Waals surface area contributed by atoms with E-state index in [1.165, 1.54) is 45.2 Å². The summed E-state index contributed by atoms with van der Waals surface area (Å²) in [6, 6.07) is 1.28. The second-order valence-electron chi connectivity index (χ2n) is 7.50. The first-order chi connectivity index (χ1) is 8.86. The van der Waals surface area contributed by atoms with Gasteiger partial charge in [0.1, 0.15) is 0 Å². The molecule has 0 radical (unpaired) electrons. The van der Waals surface area contributed by atoms with Gasteiger partial charge in [-0.2, -0.15) is 0 Å². The van der Waals surface area contributed by atoms with Gasteiger partial charge in [-0.3, -0.25) is 0 Å². The highest BCUT2D eigenvalue weighted by Gasteiger charge is 2.34. The molecule has 1 N–H and O–H groups in total. The van der Waals surface area contributed by atoms with E-state index < -0.39 is 0 Å². The van der Waals surface area contributed by atoms with Gasteiger partial charge in [0.25, 0.3) is 0 Å². The molecule has 1 unspecified atom stereocenters. The molecule has 1 saturated carbocycles. The van der Waals surface area contributed by atoms with E-state index in [-0.39, 0.29) is 0 Å². The molecule has 1 aliphatic rings. The Labute approximate surface area is 121 Å². The summed E-state index contributed by atoms with van der Waals surface area (Å²) in [5.74, 6) is 0.740. The van der Waals surface area contributed by atoms with E-state index in [4.69, 9.17) is 0 Å². The number of hydrogen-bond donors (Lipinski definition) is 1. The standard InChI is InChI=1S/C17H36N2/c1-14(2)16(5)19(6)13-17(12-18-15(3)4)10-8-7-9-11-17/h14-16,18H,7-13H2,1-6H3. The van der Waals surface area contributed by atoms with Gasteiger partial charge in [-0.15, -0.1) is 0 Å². The zero-order chi connectivity index (χ0) is 14.5. The summed E-state index contributed by atoms with van der Waals surface area (Å²) < 4.78 is 0. The highest BCUT2D eigenvalue weighted by atomic mass is 15.1. The molecule has 1 rings (SSSR count). The van der Waals surface area contributed by atoms with Crippen molar-refractivity contribution in [1.82, 2.24) is 10.2 Å². The van der Waals surface area contributed by atoms with Crippen LogP contribution in [0.5, 0.6) is 0 Å². The van der Waals surface area contributed by atoms with Gasteiger partial charge in [0.2, 0.25) is 0 Å². The molecular weight excluding hydrogens is 232 g/mol. The van der Waals surface area contributed by atoms with Gasteiger partial charge in [-0.25, -0.2) is 0 Å². The third-order valence-corrected chi connectivity index (χ3v) is 5.04. The quantitative estimate of drug-likeness (QED) is 0.753. The molecule has 2 nitrogen and oxygen atoms in total. The van der Waals surface area contributed by atoms with Crippen LogP contribution in [0.4, 0.5) is 0 Å². The lowest BCUT2D eigenvalue weighted by Crippen LogP contribution is -2.48. The van der Waals surface area contributed by atoms with Gasteiger partial charge >= 0.3 is 0 Å². The number of nitrogens with zero attached hydrogens (tertiary/aromatic N) is 1. The average molecular weight is 268 g/mol. The molecule has 114 valence electrons. The smallest absolute Gasteiger partial charge is 0.00871 e. The molecule has 0 aromatic rings. The lowest BCUT2D eigenvalue weighted by Gasteiger charge is -2.43. The normalized spacial score (nSPS) is 21.3. The molecule has 0 amide bonds. The highest BCUT2D eigenvalue weighted by molar-refractivity contribution is 4.89. The molecule has 19 heavy (non-hydrogen) atoms. The Morgan fingerprint density at radius 3 is 2.05 bits per heavy atom. The topological polar surface area (TPSA) is 15.3 Å². The van der Waals surface area contributed by atoms with Gasteiger partial charge in [0.15, 0.2) is 0 Å². The Kier molecular flexibility index (Phi) is 6.82. The maximum atomic E-state index is 3.70. The first kappa shape index (κ1) is 17.0. The molecule has 0 bridgehead atoms. The van der Waals surface area contributed by atoms with Crippen LogP contribution in [0.3, 0.4) is 0 Å². The van der Waals surface area contributed by atoms with Gasteiger partial charge in [0.05, 0.1) is 0 Å². The Bertz CT molecular complexity index is 242. The monoisotopic (exact) mass is 268 g/mol. The highest BCUT2D eigenvalue weighted by Crippen LogP contribution is 2.37. The van der Waals surface area contributed by atoms with E-state index in [2.05, 4.69) is 51.9 Å². The van der Waals surface area contributed by atoms with E-state index in [0.29, 0.717) is 17.5 Å². The van der Waals surface area contributed by atoms with E-state index >= 15 is 0 Å². The molecule has 0 aliphatic heterocycles. The molecule has 0 saturated heterocycles. The first-order valence-corrected chi connectivity index (χ1v) is 8.30. The Balaban J connectivity index is 2.62. The summed E-state index contributed by atoms with van der Waals surface area (Å²) in [6.07, 6.45) is 7.09. The maximum Gasteiger partial charge on any atom is 0.00871 e. The zero-order valence-electron chi connectivity index (χ0n) is 14.1. The van der Waals surface area contributed by atoms with Crippen molar-refractivity contribution in [2.24, 2.45) is 11.3 Å². The van der Waals surface area contributed by atoms with Crippen LogP contribution in [0.1, 0.15) is 66.7 Å². The second kappa shape index (κ2) is 7.64. The van der Waals surface area contributed by atoms with Gasteiger partial charge in [-0.05, 0) is 38.1 Å². The summed E-state index contributed by atoms with van der Waals surface area (Å²) in [6.45, 7) is 14.0. The van der Waals surface area contributed by atoms with E-state index in [9.17, 15) is 0 Å². The minimum absolute atomic E-state index is 0.514. The van der Waals surface area contributed by atoms with Crippen molar-refractivity contribution in [1.29, 1.82) is 0 Å². The van der Waals surface area contributed by atoms with Crippen molar-refractivity contribution in [2.45, 2.75) is 78.8 Å². The first-order valence-electron chi connectivity index (χ1n) is 8.30. The summed E-state index contributed by atoms with van der Waals surface area (Å²) in [5, 5.41) is 3.70. The third kappa shape index (κ3) is 5.43. The van der Waals surface area contributed by atoms with Crippen molar-refractivity contribution in [3.8, 4) is 0 Å². The van der Waals surface area contributed by atoms with Crippen LogP contribution in [-0.2, 0) is 0 Å². The fourth-order valence-corrected chi connectivity index (χ4v) is 3.30. The van der Waals surface area contributed by atoms with E-state index in [1.807, 2.05) is 0 Å². The molecule has 2 heteroatoms. The summed E-state index contributed by atoms with van der Waals surface area (Å²) >= 11 is 0. The van der Waals surface area contributed by atoms with Crippen LogP contribution >= 0.6 is 0 Å². The van der Waals surface area contributed by atoms with Crippen molar-refractivity contribution in [3.63, 3.8) is 0 Å². The molecule has 0 spiro atoms. The van der Waals surface area contributed by atoms with E-state index in [0.717, 1.165) is 5.92 Å². The maximum absolute atomic E-state index is 3.70. The fourth-order valence-electron chi connectivity index (χ4n) is 3.30. The lowest BCUT2D eigenvalue weighted by molar-refractivity contribution is 0.0821. The van der Waals surface area contributed by atoms with Crippen LogP contribution in [0.25, 0.3) is 0 Å². The second-order valence-corrected chi connectivity index (χ2v) is 7.50. The SMILES string of the molecule is CC(C)NCC1(CN(C)C(C)C(C)C)CCCCC1. The summed E-state index contributed by atoms with van der Waals surface area (Å²) in [5.41, 5.74) is 0.514. The zero-order valence-corrected chi connectivity index (χ0v) is 14.1. The molecule has 0 aromatic carbocycles. The lowest BCUT2D eigenvalue weighted by atomic mass is 9.73. The van der Waals surface area contributed by atoms with Gasteiger partial charge in [0, 0.05) is 25.2 Å². The molecule has 1 atom stereocenters. The molecular formula is C17H36N2. The molecule has 0 aromatic heterocycles. The van der Waals surface area contributed by atoms with Gasteiger partial charge < -0.3 is 10.2 Å². The summed E-state index contributed by atoms with van der Waals surface area (Å²) in [7, 11) is 2.32. The molecule has 1 fully saturated rings. The number of nitrogens with one attached hydrogen (secondary N) is 1. The number of rotatable bonds is 7. The van der Waals surface area contributed by atoms with Gasteiger partial charge in [-0.1, -0.05) is 47.0 Å². The van der Waals surface area contributed by atoms with Crippen LogP contribution in [0, 0.1) is 11.3 Å². The predicted molar refractivity (Wildman–Crippen MR) is 85.6 cm³/mol. The Morgan fingerprint density at radius 2 is 1.58 bits per heavy atom. The Hall–Kier alpha value is -0.0800. The number of hydrogen-bond acceptors (Lipinski definition) is 2. The van der Waals surface area contributed by atoms with Crippen LogP contribution in [0.2, 0.25) is 0 Å². The fraction of sp³-hybridized carbons (Fsp3) is 1.00. The van der Waals surface area contributed by atoms with Crippen LogP contribution in [-0.4, -0.2) is 37.1 Å². The summed E-state index contributed by atoms with van der Waals surface area (Å²) in [4.78, 5) is 2.60. The average Bonchev–Trinajstić information content (AvgIpc) is 2.36. The predicted octanol–water partition coefficient (Wildman–Crippen LogP) is 3.91. The van der Waals surface area contributed by atoms with E-state index in [1.54, 1.807) is 0 Å². The largest absolute Gasteiger partial charge is 0.314 e. The minimum Gasteiger partial charge on any atom is -0.314 e. The van der Waals surface area contributed by atoms with Crippen LogP contribution in [0.15, 0.2) is 0 Å². The molecule has 1 aliphatic carbocycles. The Morgan fingerprint density at radius 1 is 1.00 bits per heavy atom. The minimum atomic E-state index is 0.514. The van der Waals surface area contributed by atoms with Crippen LogP contribution < -0.4 is 5.32 Å². The van der Waals surface area contributed by atoms with Crippen molar-refractivity contribution < 1.29 is 0 Å². The van der Waals surface area contributed by atoms with Crippen molar-refractivity contribution in [2.75, 3.05) is 20.1 Å². The van der Waals surface area contributed by atoms with Crippen molar-refractivity contribution in [3.05, 3.63) is 0 Å².